The molecule has 0 bridgehead atoms. The van der Waals surface area contributed by atoms with Crippen LogP contribution in [-0.2, 0) is 13.1 Å². The lowest BCUT2D eigenvalue weighted by Gasteiger charge is -2.34. The predicted molar refractivity (Wildman–Crippen MR) is 146 cm³/mol. The van der Waals surface area contributed by atoms with E-state index >= 15 is 0 Å². The number of hydrogen-bond donors (Lipinski definition) is 0. The molecular formula is C26H42N4Si2. The van der Waals surface area contributed by atoms with Crippen LogP contribution in [0.3, 0.4) is 0 Å². The van der Waals surface area contributed by atoms with Gasteiger partial charge < -0.3 is 9.35 Å². The van der Waals surface area contributed by atoms with Crippen molar-refractivity contribution in [1.82, 2.24) is 9.35 Å². The van der Waals surface area contributed by atoms with E-state index in [4.69, 9.17) is 10.2 Å². The van der Waals surface area contributed by atoms with Crippen molar-refractivity contribution in [1.29, 1.82) is 0 Å². The van der Waals surface area contributed by atoms with Gasteiger partial charge >= 0.3 is 0 Å². The molecule has 0 aliphatic carbocycles. The van der Waals surface area contributed by atoms with Crippen LogP contribution in [0, 0.1) is 0 Å². The zero-order valence-electron chi connectivity index (χ0n) is 21.4. The van der Waals surface area contributed by atoms with Crippen LogP contribution in [0.5, 0.6) is 0 Å². The molecule has 0 heterocycles. The fourth-order valence-corrected chi connectivity index (χ4v) is 5.47. The number of benzene rings is 2. The van der Waals surface area contributed by atoms with Crippen LogP contribution in [-0.4, -0.2) is 37.2 Å². The highest BCUT2D eigenvalue weighted by atomic mass is 28.3. The summed E-state index contributed by atoms with van der Waals surface area (Å²) in [6, 6.07) is 21.3. The minimum atomic E-state index is -1.66. The van der Waals surface area contributed by atoms with Gasteiger partial charge in [-0.2, -0.15) is 10.2 Å². The molecule has 0 aromatic heterocycles. The Labute approximate surface area is 198 Å². The highest BCUT2D eigenvalue weighted by Crippen LogP contribution is 2.19. The van der Waals surface area contributed by atoms with Gasteiger partial charge in [-0.3, -0.25) is 0 Å². The third-order valence-electron chi connectivity index (χ3n) is 5.38. The second kappa shape index (κ2) is 11.6. The van der Waals surface area contributed by atoms with Crippen LogP contribution in [0.1, 0.15) is 37.8 Å². The SMILES string of the molecule is CCC(=N\N(Cc1ccccc1)[Si](C)(C)C)/C(CC)=N/N(Cc1ccccc1)[Si](C)(C)C. The summed E-state index contributed by atoms with van der Waals surface area (Å²) >= 11 is 0. The minimum absolute atomic E-state index is 0.846. The van der Waals surface area contributed by atoms with Crippen molar-refractivity contribution in [3.63, 3.8) is 0 Å². The van der Waals surface area contributed by atoms with Crippen LogP contribution in [0.15, 0.2) is 70.9 Å². The Balaban J connectivity index is 2.41. The predicted octanol–water partition coefficient (Wildman–Crippen LogP) is 7.19. The normalized spacial score (nSPS) is 13.2. The Morgan fingerprint density at radius 3 is 1.16 bits per heavy atom. The second-order valence-corrected chi connectivity index (χ2v) is 19.9. The zero-order valence-corrected chi connectivity index (χ0v) is 23.4. The Bertz CT molecular complexity index is 806. The topological polar surface area (TPSA) is 31.2 Å². The molecule has 0 aliphatic rings. The molecular weight excluding hydrogens is 424 g/mol. The molecule has 2 aromatic carbocycles. The number of hydrazone groups is 2. The molecule has 0 radical (unpaired) electrons. The van der Waals surface area contributed by atoms with E-state index in [0.717, 1.165) is 37.4 Å². The first-order valence-corrected chi connectivity index (χ1v) is 18.7. The van der Waals surface area contributed by atoms with E-state index in [1.807, 2.05) is 0 Å². The molecule has 6 heteroatoms. The molecule has 0 amide bonds. The van der Waals surface area contributed by atoms with Crippen molar-refractivity contribution in [2.45, 2.75) is 79.1 Å². The molecule has 2 aromatic rings. The highest BCUT2D eigenvalue weighted by Gasteiger charge is 2.26. The van der Waals surface area contributed by atoms with E-state index in [1.54, 1.807) is 0 Å². The highest BCUT2D eigenvalue weighted by molar-refractivity contribution is 6.73. The first-order valence-electron chi connectivity index (χ1n) is 11.8. The molecule has 0 unspecified atom stereocenters. The summed E-state index contributed by atoms with van der Waals surface area (Å²) in [5.74, 6) is 0. The average molecular weight is 467 g/mol. The minimum Gasteiger partial charge on any atom is -0.320 e. The van der Waals surface area contributed by atoms with Crippen molar-refractivity contribution in [3.8, 4) is 0 Å². The Morgan fingerprint density at radius 1 is 0.594 bits per heavy atom. The first kappa shape index (κ1) is 26.1. The van der Waals surface area contributed by atoms with Crippen molar-refractivity contribution in [2.75, 3.05) is 0 Å². The summed E-state index contributed by atoms with van der Waals surface area (Å²) in [4.78, 5) is 0. The van der Waals surface area contributed by atoms with Gasteiger partial charge in [-0.1, -0.05) is 114 Å². The lowest BCUT2D eigenvalue weighted by atomic mass is 10.1. The van der Waals surface area contributed by atoms with Gasteiger partial charge in [0.25, 0.3) is 0 Å². The Kier molecular flexibility index (Phi) is 9.46. The molecule has 0 spiro atoms. The van der Waals surface area contributed by atoms with Crippen LogP contribution < -0.4 is 0 Å². The zero-order chi connectivity index (χ0) is 23.8. The lowest BCUT2D eigenvalue weighted by molar-refractivity contribution is 0.438. The van der Waals surface area contributed by atoms with Gasteiger partial charge in [-0.15, -0.1) is 0 Å². The van der Waals surface area contributed by atoms with Crippen LogP contribution in [0.4, 0.5) is 0 Å². The number of rotatable bonds is 11. The maximum atomic E-state index is 5.24. The third kappa shape index (κ3) is 8.06. The van der Waals surface area contributed by atoms with E-state index in [2.05, 4.69) is 123 Å². The van der Waals surface area contributed by atoms with Crippen LogP contribution in [0.2, 0.25) is 39.3 Å². The van der Waals surface area contributed by atoms with Gasteiger partial charge in [0, 0.05) is 0 Å². The summed E-state index contributed by atoms with van der Waals surface area (Å²) in [7, 11) is -3.32. The average Bonchev–Trinajstić information content (AvgIpc) is 2.74. The molecule has 32 heavy (non-hydrogen) atoms. The Hall–Kier alpha value is -2.19. The van der Waals surface area contributed by atoms with Crippen molar-refractivity contribution in [3.05, 3.63) is 71.8 Å². The maximum Gasteiger partial charge on any atom is 0.169 e. The summed E-state index contributed by atoms with van der Waals surface area (Å²) in [5.41, 5.74) is 4.83. The lowest BCUT2D eigenvalue weighted by Crippen LogP contribution is -2.44. The van der Waals surface area contributed by atoms with Gasteiger partial charge in [-0.05, 0) is 24.0 Å². The maximum absolute atomic E-state index is 5.24. The van der Waals surface area contributed by atoms with Crippen molar-refractivity contribution < 1.29 is 0 Å². The molecule has 2 rings (SSSR count). The molecule has 4 nitrogen and oxygen atoms in total. The molecule has 0 atom stereocenters. The van der Waals surface area contributed by atoms with Gasteiger partial charge in [0.2, 0.25) is 0 Å². The molecule has 0 aliphatic heterocycles. The van der Waals surface area contributed by atoms with Crippen molar-refractivity contribution in [2.24, 2.45) is 10.2 Å². The fraction of sp³-hybridized carbons (Fsp3) is 0.462. The van der Waals surface area contributed by atoms with Crippen LogP contribution >= 0.6 is 0 Å². The smallest absolute Gasteiger partial charge is 0.169 e. The molecule has 0 saturated carbocycles. The van der Waals surface area contributed by atoms with E-state index < -0.39 is 16.5 Å². The standard InChI is InChI=1S/C26H42N4Si2/c1-9-25(27-29(31(3,4)5)21-23-17-13-11-14-18-23)26(10-2)28-30(32(6,7)8)22-24-19-15-12-16-20-24/h11-20H,9-10,21-22H2,1-8H3/b27-25+,28-26+. The van der Waals surface area contributed by atoms with E-state index in [9.17, 15) is 0 Å². The van der Waals surface area contributed by atoms with E-state index in [0.29, 0.717) is 0 Å². The molecule has 0 fully saturated rings. The molecule has 0 N–H and O–H groups in total. The van der Waals surface area contributed by atoms with Crippen molar-refractivity contribution >= 4 is 27.9 Å². The molecule has 0 saturated heterocycles. The third-order valence-corrected chi connectivity index (χ3v) is 9.00. The van der Waals surface area contributed by atoms with Gasteiger partial charge in [0.05, 0.1) is 24.5 Å². The van der Waals surface area contributed by atoms with Gasteiger partial charge in [0.15, 0.2) is 16.5 Å². The van der Waals surface area contributed by atoms with Crippen LogP contribution in [0.25, 0.3) is 0 Å². The number of nitrogens with zero attached hydrogens (tertiary/aromatic N) is 4. The van der Waals surface area contributed by atoms with E-state index in [-0.39, 0.29) is 0 Å². The summed E-state index contributed by atoms with van der Waals surface area (Å²) in [6.45, 7) is 20.3. The number of hydrogen-bond acceptors (Lipinski definition) is 4. The monoisotopic (exact) mass is 466 g/mol. The second-order valence-electron chi connectivity index (χ2n) is 10.2. The Morgan fingerprint density at radius 2 is 0.906 bits per heavy atom. The summed E-state index contributed by atoms with van der Waals surface area (Å²) < 4.78 is 4.70. The summed E-state index contributed by atoms with van der Waals surface area (Å²) in [5, 5.41) is 10.5. The summed E-state index contributed by atoms with van der Waals surface area (Å²) in [6.07, 6.45) is 1.76. The largest absolute Gasteiger partial charge is 0.320 e. The fourth-order valence-electron chi connectivity index (χ4n) is 3.31. The van der Waals surface area contributed by atoms with Gasteiger partial charge in [-0.25, -0.2) is 0 Å². The quantitative estimate of drug-likeness (QED) is 0.199. The molecule has 174 valence electrons. The first-order chi connectivity index (χ1) is 15.0. The van der Waals surface area contributed by atoms with Gasteiger partial charge in [0.1, 0.15) is 0 Å². The van der Waals surface area contributed by atoms with E-state index in [1.165, 1.54) is 11.1 Å².